The van der Waals surface area contributed by atoms with E-state index >= 15 is 0 Å². The van der Waals surface area contributed by atoms with E-state index in [-0.39, 0.29) is 23.5 Å². The Kier molecular flexibility index (Phi) is 6.68. The number of nitrogens with one attached hydrogen (secondary N) is 1. The van der Waals surface area contributed by atoms with Gasteiger partial charge in [-0.3, -0.25) is 14.9 Å². The van der Waals surface area contributed by atoms with Gasteiger partial charge in [-0.2, -0.15) is 0 Å². The number of benzene rings is 2. The first-order valence-corrected chi connectivity index (χ1v) is 10.1. The first kappa shape index (κ1) is 21.3. The fourth-order valence-corrected chi connectivity index (χ4v) is 3.45. The zero-order valence-electron chi connectivity index (χ0n) is 16.7. The Morgan fingerprint density at radius 1 is 1.27 bits per heavy atom. The van der Waals surface area contributed by atoms with Crippen molar-refractivity contribution in [2.75, 3.05) is 11.1 Å². The summed E-state index contributed by atoms with van der Waals surface area (Å²) < 4.78 is 7.66. The first-order chi connectivity index (χ1) is 14.3. The van der Waals surface area contributed by atoms with Gasteiger partial charge in [-0.15, -0.1) is 10.2 Å². The van der Waals surface area contributed by atoms with Crippen LogP contribution in [0.2, 0.25) is 0 Å². The van der Waals surface area contributed by atoms with Crippen molar-refractivity contribution in [2.45, 2.75) is 25.1 Å². The smallest absolute Gasteiger partial charge is 0.271 e. The molecule has 1 heterocycles. The molecule has 0 radical (unpaired) electrons. The molecule has 3 aromatic rings. The second-order valence-electron chi connectivity index (χ2n) is 6.57. The van der Waals surface area contributed by atoms with Gasteiger partial charge in [0.2, 0.25) is 5.91 Å². The Hall–Kier alpha value is -3.40. The number of thioether (sulfide) groups is 1. The molecule has 9 nitrogen and oxygen atoms in total. The summed E-state index contributed by atoms with van der Waals surface area (Å²) in [5.41, 5.74) is 1.08. The van der Waals surface area contributed by atoms with Gasteiger partial charge in [0.1, 0.15) is 5.75 Å². The monoisotopic (exact) mass is 427 g/mol. The average molecular weight is 427 g/mol. The Balaban J connectivity index is 1.61. The minimum Gasteiger partial charge on any atom is -0.483 e. The van der Waals surface area contributed by atoms with E-state index in [1.54, 1.807) is 17.6 Å². The van der Waals surface area contributed by atoms with E-state index in [2.05, 4.69) is 15.5 Å². The molecular weight excluding hydrogens is 406 g/mol. The van der Waals surface area contributed by atoms with Crippen molar-refractivity contribution in [3.05, 3.63) is 70.0 Å². The molecule has 1 aromatic heterocycles. The molecule has 3 rings (SSSR count). The quantitative estimate of drug-likeness (QED) is 0.329. The molecule has 0 fully saturated rings. The SMILES string of the molecule is Cc1ccc([N+](=O)[O-])cc1NC(=O)CSc1nnc([C@@H](C)Oc2ccccc2)n1C. The number of hydrogen-bond acceptors (Lipinski definition) is 7. The molecule has 0 saturated carbocycles. The van der Waals surface area contributed by atoms with Crippen LogP contribution < -0.4 is 10.1 Å². The van der Waals surface area contributed by atoms with Crippen LogP contribution in [0.4, 0.5) is 11.4 Å². The molecule has 0 spiro atoms. The Morgan fingerprint density at radius 2 is 2.00 bits per heavy atom. The molecule has 30 heavy (non-hydrogen) atoms. The third-order valence-corrected chi connectivity index (χ3v) is 5.35. The van der Waals surface area contributed by atoms with Gasteiger partial charge in [-0.25, -0.2) is 0 Å². The van der Waals surface area contributed by atoms with E-state index in [0.717, 1.165) is 11.3 Å². The maximum atomic E-state index is 12.3. The van der Waals surface area contributed by atoms with Crippen LogP contribution in [0.5, 0.6) is 5.75 Å². The fraction of sp³-hybridized carbons (Fsp3) is 0.250. The van der Waals surface area contributed by atoms with Crippen LogP contribution in [0.3, 0.4) is 0 Å². The lowest BCUT2D eigenvalue weighted by molar-refractivity contribution is -0.384. The van der Waals surface area contributed by atoms with Crippen molar-refractivity contribution >= 4 is 29.0 Å². The average Bonchev–Trinajstić information content (AvgIpc) is 3.09. The molecule has 2 aromatic carbocycles. The number of amides is 1. The van der Waals surface area contributed by atoms with Crippen molar-refractivity contribution < 1.29 is 14.5 Å². The Labute approximate surface area is 177 Å². The number of nitro benzene ring substituents is 1. The predicted octanol–water partition coefficient (Wildman–Crippen LogP) is 3.90. The van der Waals surface area contributed by atoms with Crippen LogP contribution in [0, 0.1) is 17.0 Å². The second-order valence-corrected chi connectivity index (χ2v) is 7.51. The fourth-order valence-electron chi connectivity index (χ4n) is 2.74. The van der Waals surface area contributed by atoms with Gasteiger partial charge < -0.3 is 14.6 Å². The molecule has 10 heteroatoms. The molecule has 0 aliphatic carbocycles. The minimum absolute atomic E-state index is 0.0751. The number of aryl methyl sites for hydroxylation is 1. The molecule has 1 N–H and O–H groups in total. The Bertz CT molecular complexity index is 1050. The summed E-state index contributed by atoms with van der Waals surface area (Å²) in [6, 6.07) is 13.8. The summed E-state index contributed by atoms with van der Waals surface area (Å²) in [6.45, 7) is 3.65. The lowest BCUT2D eigenvalue weighted by Crippen LogP contribution is -2.15. The number of ether oxygens (including phenoxy) is 1. The van der Waals surface area contributed by atoms with Gasteiger partial charge in [-0.05, 0) is 31.5 Å². The highest BCUT2D eigenvalue weighted by molar-refractivity contribution is 7.99. The molecular formula is C20H21N5O4S. The van der Waals surface area contributed by atoms with Crippen molar-refractivity contribution in [1.82, 2.24) is 14.8 Å². The van der Waals surface area contributed by atoms with Gasteiger partial charge in [0, 0.05) is 19.2 Å². The number of rotatable bonds is 8. The van der Waals surface area contributed by atoms with Crippen LogP contribution in [-0.2, 0) is 11.8 Å². The molecule has 0 saturated heterocycles. The number of carbonyl (C=O) groups excluding carboxylic acids is 1. The maximum absolute atomic E-state index is 12.3. The van der Waals surface area contributed by atoms with Crippen molar-refractivity contribution in [3.8, 4) is 5.75 Å². The van der Waals surface area contributed by atoms with Crippen molar-refractivity contribution in [1.29, 1.82) is 0 Å². The van der Waals surface area contributed by atoms with Crippen LogP contribution in [-0.4, -0.2) is 31.3 Å². The number of non-ortho nitro benzene ring substituents is 1. The number of nitrogens with zero attached hydrogens (tertiary/aromatic N) is 4. The van der Waals surface area contributed by atoms with Crippen LogP contribution in [0.25, 0.3) is 0 Å². The van der Waals surface area contributed by atoms with Crippen LogP contribution >= 0.6 is 11.8 Å². The summed E-state index contributed by atoms with van der Waals surface area (Å²) in [5, 5.41) is 22.5. The van der Waals surface area contributed by atoms with Gasteiger partial charge in [0.05, 0.1) is 16.4 Å². The van der Waals surface area contributed by atoms with E-state index in [9.17, 15) is 14.9 Å². The third kappa shape index (κ3) is 5.15. The standard InChI is InChI=1S/C20H21N5O4S/c1-13-9-10-15(25(27)28)11-17(13)21-18(26)12-30-20-23-22-19(24(20)3)14(2)29-16-7-5-4-6-8-16/h4-11,14H,12H2,1-3H3,(H,21,26)/t14-/m1/s1. The highest BCUT2D eigenvalue weighted by Gasteiger charge is 2.18. The van der Waals surface area contributed by atoms with Crippen LogP contribution in [0.15, 0.2) is 53.7 Å². The van der Waals surface area contributed by atoms with E-state index in [1.165, 1.54) is 23.9 Å². The largest absolute Gasteiger partial charge is 0.483 e. The van der Waals surface area contributed by atoms with Gasteiger partial charge in [0.15, 0.2) is 17.1 Å². The molecule has 0 bridgehead atoms. The van der Waals surface area contributed by atoms with Crippen molar-refractivity contribution in [3.63, 3.8) is 0 Å². The number of anilines is 1. The maximum Gasteiger partial charge on any atom is 0.271 e. The topological polar surface area (TPSA) is 112 Å². The molecule has 1 atom stereocenters. The van der Waals surface area contributed by atoms with E-state index in [4.69, 9.17) is 4.74 Å². The van der Waals surface area contributed by atoms with E-state index < -0.39 is 4.92 Å². The zero-order chi connectivity index (χ0) is 21.7. The highest BCUT2D eigenvalue weighted by Crippen LogP contribution is 2.25. The van der Waals surface area contributed by atoms with Gasteiger partial charge >= 0.3 is 0 Å². The number of nitro groups is 1. The molecule has 0 aliphatic heterocycles. The molecule has 0 unspecified atom stereocenters. The molecule has 156 valence electrons. The second kappa shape index (κ2) is 9.40. The minimum atomic E-state index is -0.496. The Morgan fingerprint density at radius 3 is 2.70 bits per heavy atom. The number of aromatic nitrogens is 3. The van der Waals surface area contributed by atoms with E-state index in [0.29, 0.717) is 16.7 Å². The summed E-state index contributed by atoms with van der Waals surface area (Å²) in [6.07, 6.45) is -0.319. The summed E-state index contributed by atoms with van der Waals surface area (Å²) in [4.78, 5) is 22.8. The third-order valence-electron chi connectivity index (χ3n) is 4.33. The van der Waals surface area contributed by atoms with Gasteiger partial charge in [0.25, 0.3) is 5.69 Å². The summed E-state index contributed by atoms with van der Waals surface area (Å²) >= 11 is 1.22. The van der Waals surface area contributed by atoms with Gasteiger partial charge in [-0.1, -0.05) is 36.0 Å². The number of hydrogen-bond donors (Lipinski definition) is 1. The lowest BCUT2D eigenvalue weighted by Gasteiger charge is -2.14. The number of carbonyl (C=O) groups is 1. The van der Waals surface area contributed by atoms with E-state index in [1.807, 2.05) is 44.3 Å². The summed E-state index contributed by atoms with van der Waals surface area (Å²) in [5.74, 6) is 1.16. The first-order valence-electron chi connectivity index (χ1n) is 9.14. The normalized spacial score (nSPS) is 11.7. The van der Waals surface area contributed by atoms with Crippen molar-refractivity contribution in [2.24, 2.45) is 7.05 Å². The zero-order valence-corrected chi connectivity index (χ0v) is 17.5. The lowest BCUT2D eigenvalue weighted by atomic mass is 10.2. The number of para-hydroxylation sites is 1. The summed E-state index contributed by atoms with van der Waals surface area (Å²) in [7, 11) is 1.81. The molecule has 0 aliphatic rings. The predicted molar refractivity (Wildman–Crippen MR) is 114 cm³/mol. The van der Waals surface area contributed by atoms with Crippen LogP contribution in [0.1, 0.15) is 24.4 Å². The highest BCUT2D eigenvalue weighted by atomic mass is 32.2. The molecule has 1 amide bonds.